The molecule has 1 aromatic carbocycles. The number of para-hydroxylation sites is 1. The van der Waals surface area contributed by atoms with Crippen LogP contribution in [0.1, 0.15) is 6.42 Å². The molecule has 1 aromatic heterocycles. The van der Waals surface area contributed by atoms with Gasteiger partial charge in [0.15, 0.2) is 0 Å². The lowest BCUT2D eigenvalue weighted by Crippen LogP contribution is -2.14. The van der Waals surface area contributed by atoms with E-state index in [0.29, 0.717) is 23.5 Å². The van der Waals surface area contributed by atoms with Crippen LogP contribution in [0, 0.1) is 0 Å². The van der Waals surface area contributed by atoms with Gasteiger partial charge < -0.3 is 10.1 Å². The van der Waals surface area contributed by atoms with Crippen LogP contribution < -0.4 is 10.9 Å². The van der Waals surface area contributed by atoms with Crippen molar-refractivity contribution in [3.05, 3.63) is 34.6 Å². The van der Waals surface area contributed by atoms with Crippen LogP contribution >= 0.6 is 0 Å². The summed E-state index contributed by atoms with van der Waals surface area (Å²) in [5.74, 6) is 0.504. The molecule has 0 aliphatic rings. The zero-order valence-electron chi connectivity index (χ0n) is 9.69. The van der Waals surface area contributed by atoms with Crippen molar-refractivity contribution in [2.75, 3.05) is 25.6 Å². The summed E-state index contributed by atoms with van der Waals surface area (Å²) in [5.41, 5.74) is 0.579. The Balaban J connectivity index is 2.16. The number of ether oxygens (including phenoxy) is 1. The quantitative estimate of drug-likeness (QED) is 0.765. The van der Waals surface area contributed by atoms with Gasteiger partial charge in [0.2, 0.25) is 5.95 Å². The van der Waals surface area contributed by atoms with E-state index in [4.69, 9.17) is 4.74 Å². The lowest BCUT2D eigenvalue weighted by Gasteiger charge is -2.05. The Morgan fingerprint density at radius 3 is 3.06 bits per heavy atom. The highest BCUT2D eigenvalue weighted by molar-refractivity contribution is 5.78. The second-order valence-corrected chi connectivity index (χ2v) is 3.70. The number of aromatic amines is 1. The van der Waals surface area contributed by atoms with Crippen LogP contribution in [0.15, 0.2) is 29.1 Å². The number of aromatic nitrogens is 2. The Kier molecular flexibility index (Phi) is 3.72. The van der Waals surface area contributed by atoms with E-state index in [1.165, 1.54) is 0 Å². The van der Waals surface area contributed by atoms with E-state index >= 15 is 0 Å². The molecule has 5 nitrogen and oxygen atoms in total. The van der Waals surface area contributed by atoms with Crippen molar-refractivity contribution in [3.63, 3.8) is 0 Å². The third-order valence-corrected chi connectivity index (χ3v) is 2.43. The molecule has 2 rings (SSSR count). The summed E-state index contributed by atoms with van der Waals surface area (Å²) in [6, 6.07) is 7.27. The number of anilines is 1. The Labute approximate surface area is 98.8 Å². The first-order valence-electron chi connectivity index (χ1n) is 5.53. The first-order valence-corrected chi connectivity index (χ1v) is 5.53. The number of H-pyrrole nitrogens is 1. The molecule has 2 aromatic rings. The summed E-state index contributed by atoms with van der Waals surface area (Å²) in [7, 11) is 1.66. The Morgan fingerprint density at radius 2 is 2.24 bits per heavy atom. The van der Waals surface area contributed by atoms with Crippen LogP contribution in [0.3, 0.4) is 0 Å². The topological polar surface area (TPSA) is 67.0 Å². The second kappa shape index (κ2) is 5.45. The van der Waals surface area contributed by atoms with Crippen molar-refractivity contribution in [2.24, 2.45) is 0 Å². The van der Waals surface area contributed by atoms with Crippen molar-refractivity contribution >= 4 is 16.9 Å². The van der Waals surface area contributed by atoms with Gasteiger partial charge >= 0.3 is 0 Å². The maximum Gasteiger partial charge on any atom is 0.260 e. The minimum Gasteiger partial charge on any atom is -0.385 e. The number of methoxy groups -OCH3 is 1. The molecule has 0 bridgehead atoms. The average Bonchev–Trinajstić information content (AvgIpc) is 2.35. The average molecular weight is 233 g/mol. The van der Waals surface area contributed by atoms with Crippen LogP contribution in [0.5, 0.6) is 0 Å². The van der Waals surface area contributed by atoms with E-state index in [9.17, 15) is 4.79 Å². The molecule has 0 saturated carbocycles. The number of hydrogen-bond acceptors (Lipinski definition) is 4. The van der Waals surface area contributed by atoms with Gasteiger partial charge in [0.1, 0.15) is 0 Å². The van der Waals surface area contributed by atoms with Crippen molar-refractivity contribution in [3.8, 4) is 0 Å². The third-order valence-electron chi connectivity index (χ3n) is 2.43. The van der Waals surface area contributed by atoms with Crippen LogP contribution in [-0.4, -0.2) is 30.2 Å². The van der Waals surface area contributed by atoms with E-state index in [0.717, 1.165) is 13.0 Å². The SMILES string of the molecule is COCCCNc1nc2ccccc2c(=O)[nH]1. The summed E-state index contributed by atoms with van der Waals surface area (Å²) < 4.78 is 4.94. The zero-order valence-corrected chi connectivity index (χ0v) is 9.69. The lowest BCUT2D eigenvalue weighted by molar-refractivity contribution is 0.197. The number of fused-ring (bicyclic) bond motifs is 1. The fraction of sp³-hybridized carbons (Fsp3) is 0.333. The maximum atomic E-state index is 11.7. The molecule has 0 aliphatic carbocycles. The fourth-order valence-corrected chi connectivity index (χ4v) is 1.59. The third kappa shape index (κ3) is 2.82. The van der Waals surface area contributed by atoms with Gasteiger partial charge in [-0.1, -0.05) is 12.1 Å². The Morgan fingerprint density at radius 1 is 1.41 bits per heavy atom. The van der Waals surface area contributed by atoms with Gasteiger partial charge in [-0.2, -0.15) is 0 Å². The van der Waals surface area contributed by atoms with Crippen molar-refractivity contribution in [1.29, 1.82) is 0 Å². The standard InChI is InChI=1S/C12H15N3O2/c1-17-8-4-7-13-12-14-10-6-3-2-5-9(10)11(16)15-12/h2-3,5-6H,4,7-8H2,1H3,(H2,13,14,15,16). The predicted molar refractivity (Wildman–Crippen MR) is 67.3 cm³/mol. The smallest absolute Gasteiger partial charge is 0.260 e. The van der Waals surface area contributed by atoms with Crippen molar-refractivity contribution < 1.29 is 4.74 Å². The first-order chi connectivity index (χ1) is 8.31. The minimum atomic E-state index is -0.121. The monoisotopic (exact) mass is 233 g/mol. The Bertz CT molecular complexity index is 551. The van der Waals surface area contributed by atoms with Crippen LogP contribution in [0.2, 0.25) is 0 Å². The molecule has 0 amide bonds. The van der Waals surface area contributed by atoms with Crippen LogP contribution in [-0.2, 0) is 4.74 Å². The number of benzene rings is 1. The molecule has 2 N–H and O–H groups in total. The molecular weight excluding hydrogens is 218 g/mol. The van der Waals surface area contributed by atoms with E-state index in [2.05, 4.69) is 15.3 Å². The second-order valence-electron chi connectivity index (χ2n) is 3.70. The molecule has 17 heavy (non-hydrogen) atoms. The molecule has 5 heteroatoms. The van der Waals surface area contributed by atoms with Crippen LogP contribution in [0.25, 0.3) is 10.9 Å². The van der Waals surface area contributed by atoms with Gasteiger partial charge in [-0.05, 0) is 18.6 Å². The van der Waals surface area contributed by atoms with Gasteiger partial charge in [0, 0.05) is 20.3 Å². The molecule has 0 saturated heterocycles. The molecule has 0 unspecified atom stereocenters. The van der Waals surface area contributed by atoms with Gasteiger partial charge in [-0.25, -0.2) is 4.98 Å². The maximum absolute atomic E-state index is 11.7. The highest BCUT2D eigenvalue weighted by atomic mass is 16.5. The molecule has 90 valence electrons. The highest BCUT2D eigenvalue weighted by Crippen LogP contribution is 2.07. The number of nitrogens with zero attached hydrogens (tertiary/aromatic N) is 1. The molecule has 0 atom stereocenters. The summed E-state index contributed by atoms with van der Waals surface area (Å²) in [5, 5.41) is 3.67. The van der Waals surface area contributed by atoms with Crippen molar-refractivity contribution in [2.45, 2.75) is 6.42 Å². The number of hydrogen-bond donors (Lipinski definition) is 2. The predicted octanol–water partition coefficient (Wildman–Crippen LogP) is 1.37. The number of nitrogens with one attached hydrogen (secondary N) is 2. The zero-order chi connectivity index (χ0) is 12.1. The summed E-state index contributed by atoms with van der Waals surface area (Å²) in [6.45, 7) is 1.40. The highest BCUT2D eigenvalue weighted by Gasteiger charge is 2.01. The first kappa shape index (κ1) is 11.6. The molecule has 0 spiro atoms. The summed E-state index contributed by atoms with van der Waals surface area (Å²) in [6.07, 6.45) is 0.868. The van der Waals surface area contributed by atoms with E-state index in [-0.39, 0.29) is 5.56 Å². The largest absolute Gasteiger partial charge is 0.385 e. The fourth-order valence-electron chi connectivity index (χ4n) is 1.59. The van der Waals surface area contributed by atoms with E-state index in [1.54, 1.807) is 13.2 Å². The van der Waals surface area contributed by atoms with Gasteiger partial charge in [-0.3, -0.25) is 9.78 Å². The Hall–Kier alpha value is -1.88. The molecule has 1 heterocycles. The normalized spacial score (nSPS) is 10.6. The number of rotatable bonds is 5. The van der Waals surface area contributed by atoms with Gasteiger partial charge in [0.05, 0.1) is 10.9 Å². The lowest BCUT2D eigenvalue weighted by atomic mass is 10.2. The van der Waals surface area contributed by atoms with Gasteiger partial charge in [0.25, 0.3) is 5.56 Å². The molecule has 0 fully saturated rings. The molecular formula is C12H15N3O2. The van der Waals surface area contributed by atoms with Gasteiger partial charge in [-0.15, -0.1) is 0 Å². The summed E-state index contributed by atoms with van der Waals surface area (Å²) in [4.78, 5) is 18.8. The minimum absolute atomic E-state index is 0.121. The van der Waals surface area contributed by atoms with Crippen molar-refractivity contribution in [1.82, 2.24) is 9.97 Å². The summed E-state index contributed by atoms with van der Waals surface area (Å²) >= 11 is 0. The van der Waals surface area contributed by atoms with E-state index < -0.39 is 0 Å². The molecule has 0 aliphatic heterocycles. The van der Waals surface area contributed by atoms with E-state index in [1.807, 2.05) is 18.2 Å². The molecule has 0 radical (unpaired) electrons. The van der Waals surface area contributed by atoms with Crippen LogP contribution in [0.4, 0.5) is 5.95 Å².